The predicted molar refractivity (Wildman–Crippen MR) is 115 cm³/mol. The van der Waals surface area contributed by atoms with E-state index in [-0.39, 0.29) is 11.5 Å². The highest BCUT2D eigenvalue weighted by Gasteiger charge is 2.22. The van der Waals surface area contributed by atoms with E-state index in [1.54, 1.807) is 40.0 Å². The summed E-state index contributed by atoms with van der Waals surface area (Å²) in [5.41, 5.74) is 1.23. The molecule has 1 N–H and O–H groups in total. The summed E-state index contributed by atoms with van der Waals surface area (Å²) in [5, 5.41) is 7.57. The fourth-order valence-corrected chi connectivity index (χ4v) is 4.90. The fraction of sp³-hybridized carbons (Fsp3) is 0.286. The van der Waals surface area contributed by atoms with E-state index in [9.17, 15) is 9.59 Å². The lowest BCUT2D eigenvalue weighted by atomic mass is 10.2. The number of aromatic nitrogens is 5. The number of pyridine rings is 1. The molecule has 0 spiro atoms. The van der Waals surface area contributed by atoms with E-state index < -0.39 is 0 Å². The van der Waals surface area contributed by atoms with Gasteiger partial charge in [0.15, 0.2) is 5.82 Å². The second-order valence-corrected chi connectivity index (χ2v) is 8.34. The molecule has 152 valence electrons. The van der Waals surface area contributed by atoms with Crippen LogP contribution in [-0.4, -0.2) is 30.2 Å². The van der Waals surface area contributed by atoms with Gasteiger partial charge < -0.3 is 5.32 Å². The molecule has 8 nitrogen and oxygen atoms in total. The number of thiophene rings is 1. The van der Waals surface area contributed by atoms with E-state index >= 15 is 0 Å². The Hall–Kier alpha value is -3.33. The van der Waals surface area contributed by atoms with Crippen molar-refractivity contribution in [1.29, 1.82) is 0 Å². The normalized spacial score (nSPS) is 13.8. The zero-order chi connectivity index (χ0) is 20.7. The summed E-state index contributed by atoms with van der Waals surface area (Å²) >= 11 is 1.28. The molecule has 0 bridgehead atoms. The van der Waals surface area contributed by atoms with Crippen LogP contribution in [0.3, 0.4) is 0 Å². The van der Waals surface area contributed by atoms with E-state index in [1.165, 1.54) is 11.3 Å². The minimum atomic E-state index is -0.260. The molecule has 0 atom stereocenters. The number of hydrogen-bond donors (Lipinski definition) is 1. The van der Waals surface area contributed by atoms with Crippen molar-refractivity contribution in [2.45, 2.75) is 39.2 Å². The maximum atomic E-state index is 13.1. The molecule has 1 amide bonds. The van der Waals surface area contributed by atoms with Gasteiger partial charge in [0.2, 0.25) is 0 Å². The number of anilines is 1. The van der Waals surface area contributed by atoms with Crippen molar-refractivity contribution in [2.75, 3.05) is 5.32 Å². The third-order valence-electron chi connectivity index (χ3n) is 5.36. The number of hydrogen-bond acceptors (Lipinski definition) is 6. The van der Waals surface area contributed by atoms with Gasteiger partial charge in [-0.3, -0.25) is 14.2 Å². The van der Waals surface area contributed by atoms with Crippen LogP contribution < -0.4 is 10.9 Å². The molecule has 0 radical (unpaired) electrons. The quantitative estimate of drug-likeness (QED) is 0.549. The first-order valence-electron chi connectivity index (χ1n) is 9.92. The maximum Gasteiger partial charge on any atom is 0.266 e. The van der Waals surface area contributed by atoms with Crippen LogP contribution in [-0.2, 0) is 13.0 Å². The summed E-state index contributed by atoms with van der Waals surface area (Å²) < 4.78 is 3.43. The number of amides is 1. The first-order valence-corrected chi connectivity index (χ1v) is 10.7. The molecule has 0 aromatic carbocycles. The third-order valence-corrected chi connectivity index (χ3v) is 6.55. The zero-order valence-corrected chi connectivity index (χ0v) is 17.3. The number of rotatable bonds is 3. The van der Waals surface area contributed by atoms with Gasteiger partial charge in [-0.2, -0.15) is 5.10 Å². The topological polar surface area (TPSA) is 94.7 Å². The van der Waals surface area contributed by atoms with Crippen LogP contribution in [0.5, 0.6) is 0 Å². The first-order chi connectivity index (χ1) is 14.6. The lowest BCUT2D eigenvalue weighted by Crippen LogP contribution is -2.24. The molecule has 5 heterocycles. The van der Waals surface area contributed by atoms with Gasteiger partial charge >= 0.3 is 0 Å². The number of carbonyl (C=O) groups is 1. The summed E-state index contributed by atoms with van der Waals surface area (Å²) in [6.07, 6.45) is 9.00. The number of fused-ring (bicyclic) bond motifs is 2. The van der Waals surface area contributed by atoms with Gasteiger partial charge in [-0.15, -0.1) is 11.3 Å². The van der Waals surface area contributed by atoms with Crippen LogP contribution in [0.25, 0.3) is 16.0 Å². The van der Waals surface area contributed by atoms with Gasteiger partial charge in [0, 0.05) is 25.4 Å². The fourth-order valence-electron chi connectivity index (χ4n) is 3.81. The monoisotopic (exact) mass is 420 g/mol. The Balaban J connectivity index is 1.46. The van der Waals surface area contributed by atoms with Crippen LogP contribution >= 0.6 is 11.3 Å². The number of nitrogens with zero attached hydrogens (tertiary/aromatic N) is 5. The van der Waals surface area contributed by atoms with Crippen molar-refractivity contribution >= 4 is 33.1 Å². The van der Waals surface area contributed by atoms with E-state index in [2.05, 4.69) is 15.4 Å². The molecule has 5 rings (SSSR count). The minimum Gasteiger partial charge on any atom is -0.320 e. The van der Waals surface area contributed by atoms with Crippen molar-refractivity contribution in [3.05, 3.63) is 63.4 Å². The lowest BCUT2D eigenvalue weighted by Gasteiger charge is -2.08. The Labute approximate surface area is 176 Å². The average molecular weight is 420 g/mol. The summed E-state index contributed by atoms with van der Waals surface area (Å²) in [5.74, 6) is 1.23. The van der Waals surface area contributed by atoms with Gasteiger partial charge in [0.1, 0.15) is 10.7 Å². The Morgan fingerprint density at radius 1 is 1.23 bits per heavy atom. The SMILES string of the molecule is Cc1c(C(=O)Nc2ccc(-n3cccn3)nc2)sc2nc3n(c(=O)c12)CCCCC3. The molecule has 30 heavy (non-hydrogen) atoms. The van der Waals surface area contributed by atoms with Gasteiger partial charge in [0.05, 0.1) is 22.1 Å². The van der Waals surface area contributed by atoms with Gasteiger partial charge in [-0.1, -0.05) is 6.42 Å². The highest BCUT2D eigenvalue weighted by Crippen LogP contribution is 2.29. The molecular weight excluding hydrogens is 400 g/mol. The van der Waals surface area contributed by atoms with Gasteiger partial charge in [-0.25, -0.2) is 14.6 Å². The number of carbonyl (C=O) groups excluding carboxylic acids is 1. The second kappa shape index (κ2) is 7.49. The molecular formula is C21H20N6O2S. The summed E-state index contributed by atoms with van der Waals surface area (Å²) in [4.78, 5) is 36.2. The van der Waals surface area contributed by atoms with Crippen LogP contribution in [0.2, 0.25) is 0 Å². The summed E-state index contributed by atoms with van der Waals surface area (Å²) in [6.45, 7) is 2.52. The molecule has 0 fully saturated rings. The van der Waals surface area contributed by atoms with Crippen LogP contribution in [0.4, 0.5) is 5.69 Å². The van der Waals surface area contributed by atoms with Crippen molar-refractivity contribution in [3.8, 4) is 5.82 Å². The maximum absolute atomic E-state index is 13.1. The Kier molecular flexibility index (Phi) is 4.66. The second-order valence-electron chi connectivity index (χ2n) is 7.34. The molecule has 4 aromatic rings. The lowest BCUT2D eigenvalue weighted by molar-refractivity contribution is 0.103. The predicted octanol–water partition coefficient (Wildman–Crippen LogP) is 3.33. The van der Waals surface area contributed by atoms with Crippen molar-refractivity contribution in [1.82, 2.24) is 24.3 Å². The third kappa shape index (κ3) is 3.21. The average Bonchev–Trinajstić information content (AvgIpc) is 3.32. The van der Waals surface area contributed by atoms with E-state index in [1.807, 2.05) is 13.0 Å². The molecule has 0 aliphatic carbocycles. The molecule has 4 aromatic heterocycles. The van der Waals surface area contributed by atoms with Crippen molar-refractivity contribution in [2.24, 2.45) is 0 Å². The highest BCUT2D eigenvalue weighted by atomic mass is 32.1. The Bertz CT molecular complexity index is 1290. The van der Waals surface area contributed by atoms with Crippen molar-refractivity contribution in [3.63, 3.8) is 0 Å². The summed E-state index contributed by atoms with van der Waals surface area (Å²) in [7, 11) is 0. The van der Waals surface area contributed by atoms with Gasteiger partial charge in [-0.05, 0) is 43.5 Å². The zero-order valence-electron chi connectivity index (χ0n) is 16.5. The molecule has 1 aliphatic heterocycles. The number of nitrogens with one attached hydrogen (secondary N) is 1. The van der Waals surface area contributed by atoms with Crippen molar-refractivity contribution < 1.29 is 4.79 Å². The first kappa shape index (κ1) is 18.7. The standard InChI is InChI=1S/C21H20N6O2S/c1-13-17-20(25-16-6-3-2-4-10-26(16)21(17)29)30-18(13)19(28)24-14-7-8-15(22-12-14)27-11-5-9-23-27/h5,7-9,11-12H,2-4,6,10H2,1H3,(H,24,28). The van der Waals surface area contributed by atoms with E-state index in [0.29, 0.717) is 38.7 Å². The van der Waals surface area contributed by atoms with Crippen LogP contribution in [0, 0.1) is 6.92 Å². The Morgan fingerprint density at radius 3 is 2.90 bits per heavy atom. The highest BCUT2D eigenvalue weighted by molar-refractivity contribution is 7.20. The molecule has 0 saturated heterocycles. The number of aryl methyl sites for hydroxylation is 2. The molecule has 1 aliphatic rings. The molecule has 0 unspecified atom stereocenters. The summed E-state index contributed by atoms with van der Waals surface area (Å²) in [6, 6.07) is 5.38. The Morgan fingerprint density at radius 2 is 2.13 bits per heavy atom. The van der Waals surface area contributed by atoms with Crippen LogP contribution in [0.1, 0.15) is 40.3 Å². The largest absolute Gasteiger partial charge is 0.320 e. The van der Waals surface area contributed by atoms with Crippen LogP contribution in [0.15, 0.2) is 41.6 Å². The minimum absolute atomic E-state index is 0.0325. The molecule has 9 heteroatoms. The molecule has 0 saturated carbocycles. The van der Waals surface area contributed by atoms with E-state index in [0.717, 1.165) is 31.5 Å². The smallest absolute Gasteiger partial charge is 0.266 e. The van der Waals surface area contributed by atoms with Gasteiger partial charge in [0.25, 0.3) is 11.5 Å². The van der Waals surface area contributed by atoms with E-state index in [4.69, 9.17) is 4.98 Å².